The van der Waals surface area contributed by atoms with E-state index in [1.165, 1.54) is 12.4 Å². The number of amides is 1. The Balaban J connectivity index is 1.50. The molecular weight excluding hydrogens is 359 g/mol. The maximum absolute atomic E-state index is 13.8. The van der Waals surface area contributed by atoms with E-state index < -0.39 is 5.82 Å². The maximum atomic E-state index is 13.8. The average molecular weight is 373 g/mol. The summed E-state index contributed by atoms with van der Waals surface area (Å²) in [4.78, 5) is 15.9. The van der Waals surface area contributed by atoms with Crippen molar-refractivity contribution in [3.63, 3.8) is 0 Å². The summed E-state index contributed by atoms with van der Waals surface area (Å²) in [6, 6.07) is 11.5. The van der Waals surface area contributed by atoms with E-state index in [1.807, 2.05) is 12.1 Å². The number of nitrogens with one attached hydrogen (secondary N) is 1. The molecule has 1 aromatic heterocycles. The molecule has 1 atom stereocenters. The van der Waals surface area contributed by atoms with Crippen molar-refractivity contribution in [3.8, 4) is 5.75 Å². The Labute approximate surface area is 153 Å². The van der Waals surface area contributed by atoms with Gasteiger partial charge in [0.05, 0.1) is 17.5 Å². The van der Waals surface area contributed by atoms with Crippen molar-refractivity contribution in [3.05, 3.63) is 70.8 Å². The molecular formula is C18H14ClFN4O2. The van der Waals surface area contributed by atoms with Gasteiger partial charge >= 0.3 is 0 Å². The van der Waals surface area contributed by atoms with Gasteiger partial charge in [-0.25, -0.2) is 9.07 Å². The fraction of sp³-hybridized carbons (Fsp3) is 0.167. The lowest BCUT2D eigenvalue weighted by Crippen LogP contribution is -2.29. The van der Waals surface area contributed by atoms with Gasteiger partial charge in [0, 0.05) is 5.56 Å². The van der Waals surface area contributed by atoms with Crippen molar-refractivity contribution in [1.29, 1.82) is 0 Å². The first kappa shape index (κ1) is 16.5. The molecule has 0 saturated carbocycles. The number of ether oxygens (including phenoxy) is 1. The van der Waals surface area contributed by atoms with E-state index in [0.717, 1.165) is 5.56 Å². The van der Waals surface area contributed by atoms with Crippen LogP contribution in [0.3, 0.4) is 0 Å². The number of benzene rings is 2. The first-order chi connectivity index (χ1) is 12.6. The second-order valence-electron chi connectivity index (χ2n) is 5.85. The maximum Gasteiger partial charge on any atom is 0.229 e. The number of aromatic nitrogens is 3. The highest BCUT2D eigenvalue weighted by Gasteiger charge is 2.27. The Hall–Kier alpha value is -2.93. The zero-order valence-corrected chi connectivity index (χ0v) is 14.3. The molecule has 4 rings (SSSR count). The number of rotatable bonds is 4. The van der Waals surface area contributed by atoms with Crippen LogP contribution < -0.4 is 10.1 Å². The molecule has 0 aliphatic carbocycles. The Morgan fingerprint density at radius 1 is 1.27 bits per heavy atom. The van der Waals surface area contributed by atoms with Gasteiger partial charge in [-0.1, -0.05) is 29.8 Å². The third-order valence-corrected chi connectivity index (χ3v) is 4.56. The van der Waals surface area contributed by atoms with Gasteiger partial charge in [-0.05, 0) is 29.8 Å². The predicted molar refractivity (Wildman–Crippen MR) is 93.6 cm³/mol. The minimum absolute atomic E-state index is 0.0317. The number of hydrogen-bond acceptors (Lipinski definition) is 4. The van der Waals surface area contributed by atoms with Gasteiger partial charge in [0.25, 0.3) is 0 Å². The van der Waals surface area contributed by atoms with Crippen molar-refractivity contribution >= 4 is 23.5 Å². The van der Waals surface area contributed by atoms with Crippen LogP contribution in [0.15, 0.2) is 48.8 Å². The second-order valence-corrected chi connectivity index (χ2v) is 6.26. The highest BCUT2D eigenvalue weighted by molar-refractivity contribution is 6.31. The minimum Gasteiger partial charge on any atom is -0.489 e. The summed E-state index contributed by atoms with van der Waals surface area (Å²) in [5.74, 6) is 0.499. The van der Waals surface area contributed by atoms with Gasteiger partial charge in [-0.15, -0.1) is 0 Å². The molecule has 0 bridgehead atoms. The molecule has 3 aromatic rings. The van der Waals surface area contributed by atoms with E-state index in [9.17, 15) is 9.18 Å². The second kappa shape index (κ2) is 6.76. The van der Waals surface area contributed by atoms with Crippen molar-refractivity contribution in [2.75, 3.05) is 5.32 Å². The standard InChI is InChI=1S/C18H14ClFN4O2/c19-14-2-1-3-15(20)13(14)9-26-12-6-4-11(5-7-12)16-8-17(25)23-18-21-10-22-24(16)18/h1-7,10,16H,8-9H2,(H,21,22,23,25)/t16-/m1/s1. The van der Waals surface area contributed by atoms with Gasteiger partial charge in [0.15, 0.2) is 0 Å². The van der Waals surface area contributed by atoms with Gasteiger partial charge in [0.1, 0.15) is 24.5 Å². The smallest absolute Gasteiger partial charge is 0.229 e. The van der Waals surface area contributed by atoms with E-state index in [0.29, 0.717) is 22.3 Å². The van der Waals surface area contributed by atoms with Crippen LogP contribution in [0.5, 0.6) is 5.75 Å². The average Bonchev–Trinajstić information content (AvgIpc) is 3.09. The Kier molecular flexibility index (Phi) is 4.30. The number of anilines is 1. The van der Waals surface area contributed by atoms with E-state index in [1.54, 1.807) is 28.9 Å². The van der Waals surface area contributed by atoms with Crippen LogP contribution in [0.1, 0.15) is 23.6 Å². The molecule has 26 heavy (non-hydrogen) atoms. The first-order valence-electron chi connectivity index (χ1n) is 7.97. The van der Waals surface area contributed by atoms with Crippen molar-refractivity contribution in [2.45, 2.75) is 19.1 Å². The molecule has 0 fully saturated rings. The number of hydrogen-bond donors (Lipinski definition) is 1. The molecule has 0 unspecified atom stereocenters. The van der Waals surface area contributed by atoms with Gasteiger partial charge in [0.2, 0.25) is 11.9 Å². The third kappa shape index (κ3) is 3.13. The van der Waals surface area contributed by atoms with Crippen LogP contribution in [0.2, 0.25) is 5.02 Å². The van der Waals surface area contributed by atoms with Gasteiger partial charge < -0.3 is 4.74 Å². The van der Waals surface area contributed by atoms with Crippen LogP contribution in [0.4, 0.5) is 10.3 Å². The highest BCUT2D eigenvalue weighted by Crippen LogP contribution is 2.29. The number of carbonyl (C=O) groups excluding carboxylic acids is 1. The number of carbonyl (C=O) groups is 1. The van der Waals surface area contributed by atoms with E-state index in [-0.39, 0.29) is 25.0 Å². The molecule has 8 heteroatoms. The molecule has 132 valence electrons. The molecule has 1 amide bonds. The Morgan fingerprint density at radius 3 is 2.85 bits per heavy atom. The fourth-order valence-corrected chi connectivity index (χ4v) is 3.09. The highest BCUT2D eigenvalue weighted by atomic mass is 35.5. The summed E-state index contributed by atoms with van der Waals surface area (Å²) in [5, 5.41) is 7.18. The van der Waals surface area contributed by atoms with Crippen molar-refractivity contribution in [1.82, 2.24) is 14.8 Å². The number of fused-ring (bicyclic) bond motifs is 1. The largest absolute Gasteiger partial charge is 0.489 e. The number of nitrogens with zero attached hydrogens (tertiary/aromatic N) is 3. The molecule has 2 heterocycles. The first-order valence-corrected chi connectivity index (χ1v) is 8.34. The van der Waals surface area contributed by atoms with Crippen LogP contribution >= 0.6 is 11.6 Å². The molecule has 0 radical (unpaired) electrons. The van der Waals surface area contributed by atoms with E-state index in [4.69, 9.17) is 16.3 Å². The van der Waals surface area contributed by atoms with Crippen molar-refractivity contribution < 1.29 is 13.9 Å². The van der Waals surface area contributed by atoms with Gasteiger partial charge in [-0.3, -0.25) is 10.1 Å². The third-order valence-electron chi connectivity index (χ3n) is 4.21. The lowest BCUT2D eigenvalue weighted by atomic mass is 10.0. The van der Waals surface area contributed by atoms with Crippen LogP contribution in [0, 0.1) is 5.82 Å². The van der Waals surface area contributed by atoms with Crippen LogP contribution in [-0.4, -0.2) is 20.7 Å². The summed E-state index contributed by atoms with van der Waals surface area (Å²) >= 11 is 6.00. The lowest BCUT2D eigenvalue weighted by Gasteiger charge is -2.23. The molecule has 1 aliphatic rings. The zero-order chi connectivity index (χ0) is 18.1. The monoisotopic (exact) mass is 372 g/mol. The molecule has 0 saturated heterocycles. The SMILES string of the molecule is O=C1C[C@H](c2ccc(OCc3c(F)cccc3Cl)cc2)n2ncnc2N1. The topological polar surface area (TPSA) is 69.0 Å². The number of halogens is 2. The Morgan fingerprint density at radius 2 is 2.08 bits per heavy atom. The summed E-state index contributed by atoms with van der Waals surface area (Å²) in [6.45, 7) is 0.0317. The predicted octanol–water partition coefficient (Wildman–Crippen LogP) is 3.58. The van der Waals surface area contributed by atoms with Crippen LogP contribution in [-0.2, 0) is 11.4 Å². The minimum atomic E-state index is -0.402. The lowest BCUT2D eigenvalue weighted by molar-refractivity contribution is -0.117. The van der Waals surface area contributed by atoms with Crippen LogP contribution in [0.25, 0.3) is 0 Å². The Bertz CT molecular complexity index is 938. The zero-order valence-electron chi connectivity index (χ0n) is 13.5. The molecule has 1 N–H and O–H groups in total. The fourth-order valence-electron chi connectivity index (χ4n) is 2.88. The van der Waals surface area contributed by atoms with Gasteiger partial charge in [-0.2, -0.15) is 10.1 Å². The summed E-state index contributed by atoms with van der Waals surface area (Å²) in [7, 11) is 0. The molecule has 1 aliphatic heterocycles. The quantitative estimate of drug-likeness (QED) is 0.760. The van der Waals surface area contributed by atoms with E-state index in [2.05, 4.69) is 15.4 Å². The molecule has 0 spiro atoms. The normalized spacial score (nSPS) is 16.1. The summed E-state index contributed by atoms with van der Waals surface area (Å²) in [5.41, 5.74) is 1.22. The summed E-state index contributed by atoms with van der Waals surface area (Å²) < 4.78 is 21.1. The molecule has 6 nitrogen and oxygen atoms in total. The molecule has 2 aromatic carbocycles. The van der Waals surface area contributed by atoms with E-state index >= 15 is 0 Å². The van der Waals surface area contributed by atoms with Crippen molar-refractivity contribution in [2.24, 2.45) is 0 Å². The summed E-state index contributed by atoms with van der Waals surface area (Å²) in [6.07, 6.45) is 1.69.